The van der Waals surface area contributed by atoms with Crippen molar-refractivity contribution in [3.63, 3.8) is 0 Å². The SMILES string of the molecule is CC(CNc1cccc(NN)n1)N(C)C. The summed E-state index contributed by atoms with van der Waals surface area (Å²) in [7, 11) is 4.11. The zero-order valence-corrected chi connectivity index (χ0v) is 9.49. The van der Waals surface area contributed by atoms with Crippen LogP contribution in [0.3, 0.4) is 0 Å². The molecule has 0 amide bonds. The zero-order chi connectivity index (χ0) is 11.3. The fraction of sp³-hybridized carbons (Fsp3) is 0.500. The normalized spacial score (nSPS) is 12.6. The molecule has 0 aromatic carbocycles. The van der Waals surface area contributed by atoms with Crippen molar-refractivity contribution in [2.75, 3.05) is 31.4 Å². The van der Waals surface area contributed by atoms with E-state index in [0.717, 1.165) is 12.4 Å². The highest BCUT2D eigenvalue weighted by Gasteiger charge is 2.04. The van der Waals surface area contributed by atoms with E-state index in [2.05, 4.69) is 41.6 Å². The number of nitrogen functional groups attached to an aromatic ring is 1. The van der Waals surface area contributed by atoms with Gasteiger partial charge in [0.2, 0.25) is 0 Å². The van der Waals surface area contributed by atoms with Gasteiger partial charge in [0.15, 0.2) is 0 Å². The van der Waals surface area contributed by atoms with E-state index in [1.54, 1.807) is 0 Å². The van der Waals surface area contributed by atoms with Crippen molar-refractivity contribution in [1.29, 1.82) is 0 Å². The summed E-state index contributed by atoms with van der Waals surface area (Å²) < 4.78 is 0. The molecule has 0 saturated heterocycles. The molecule has 1 rings (SSSR count). The Morgan fingerprint density at radius 3 is 2.67 bits per heavy atom. The van der Waals surface area contributed by atoms with Crippen LogP contribution in [0.4, 0.5) is 11.6 Å². The van der Waals surface area contributed by atoms with Crippen LogP contribution in [0.5, 0.6) is 0 Å². The first-order valence-electron chi connectivity index (χ1n) is 4.97. The van der Waals surface area contributed by atoms with Crippen LogP contribution in [0.2, 0.25) is 0 Å². The van der Waals surface area contributed by atoms with Gasteiger partial charge in [0.25, 0.3) is 0 Å². The lowest BCUT2D eigenvalue weighted by Crippen LogP contribution is -2.31. The third-order valence-electron chi connectivity index (χ3n) is 2.36. The Bertz CT molecular complexity index is 300. The van der Waals surface area contributed by atoms with Crippen molar-refractivity contribution in [1.82, 2.24) is 9.88 Å². The molecule has 0 aliphatic rings. The predicted octanol–water partition coefficient (Wildman–Crippen LogP) is 0.729. The van der Waals surface area contributed by atoms with Crippen molar-refractivity contribution in [2.24, 2.45) is 5.84 Å². The second-order valence-corrected chi connectivity index (χ2v) is 3.75. The molecule has 15 heavy (non-hydrogen) atoms. The van der Waals surface area contributed by atoms with Crippen LogP contribution in [0.25, 0.3) is 0 Å². The second-order valence-electron chi connectivity index (χ2n) is 3.75. The molecule has 0 spiro atoms. The molecule has 1 aromatic rings. The number of hydrogen-bond acceptors (Lipinski definition) is 5. The molecular formula is C10H19N5. The molecule has 1 aromatic heterocycles. The maximum absolute atomic E-state index is 5.27. The highest BCUT2D eigenvalue weighted by atomic mass is 15.3. The van der Waals surface area contributed by atoms with Crippen LogP contribution in [-0.4, -0.2) is 36.6 Å². The number of hydrazine groups is 1. The molecule has 0 aliphatic carbocycles. The fourth-order valence-electron chi connectivity index (χ4n) is 1.05. The number of nitrogens with two attached hydrogens (primary N) is 1. The van der Waals surface area contributed by atoms with E-state index in [4.69, 9.17) is 5.84 Å². The van der Waals surface area contributed by atoms with Gasteiger partial charge >= 0.3 is 0 Å². The molecule has 84 valence electrons. The van der Waals surface area contributed by atoms with Gasteiger partial charge in [-0.25, -0.2) is 10.8 Å². The van der Waals surface area contributed by atoms with Gasteiger partial charge in [0.05, 0.1) is 0 Å². The monoisotopic (exact) mass is 209 g/mol. The summed E-state index contributed by atoms with van der Waals surface area (Å²) >= 11 is 0. The Kier molecular flexibility index (Phi) is 4.33. The first kappa shape index (κ1) is 11.7. The van der Waals surface area contributed by atoms with E-state index >= 15 is 0 Å². The Labute approximate surface area is 90.6 Å². The average molecular weight is 209 g/mol. The predicted molar refractivity (Wildman–Crippen MR) is 63.7 cm³/mol. The minimum atomic E-state index is 0.460. The smallest absolute Gasteiger partial charge is 0.142 e. The first-order valence-corrected chi connectivity index (χ1v) is 4.97. The Hall–Kier alpha value is -1.33. The highest BCUT2D eigenvalue weighted by molar-refractivity contribution is 5.44. The lowest BCUT2D eigenvalue weighted by Gasteiger charge is -2.20. The number of likely N-dealkylation sites (N-methyl/N-ethyl adjacent to an activating group) is 1. The van der Waals surface area contributed by atoms with E-state index in [1.807, 2.05) is 18.2 Å². The minimum Gasteiger partial charge on any atom is -0.368 e. The summed E-state index contributed by atoms with van der Waals surface area (Å²) in [6, 6.07) is 6.11. The number of anilines is 2. The van der Waals surface area contributed by atoms with Crippen LogP contribution in [0, 0.1) is 0 Å². The van der Waals surface area contributed by atoms with Crippen LogP contribution < -0.4 is 16.6 Å². The van der Waals surface area contributed by atoms with E-state index in [0.29, 0.717) is 11.9 Å². The van der Waals surface area contributed by atoms with Gasteiger partial charge < -0.3 is 15.6 Å². The highest BCUT2D eigenvalue weighted by Crippen LogP contribution is 2.07. The summed E-state index contributed by atoms with van der Waals surface area (Å²) in [5, 5.41) is 3.25. The number of hydrogen-bond donors (Lipinski definition) is 3. The lowest BCUT2D eigenvalue weighted by molar-refractivity contribution is 0.326. The van der Waals surface area contributed by atoms with Crippen molar-refractivity contribution in [3.05, 3.63) is 18.2 Å². The number of nitrogens with one attached hydrogen (secondary N) is 2. The van der Waals surface area contributed by atoms with E-state index in [9.17, 15) is 0 Å². The zero-order valence-electron chi connectivity index (χ0n) is 9.49. The van der Waals surface area contributed by atoms with Gasteiger partial charge in [-0.2, -0.15) is 0 Å². The van der Waals surface area contributed by atoms with Gasteiger partial charge in [-0.05, 0) is 33.2 Å². The summed E-state index contributed by atoms with van der Waals surface area (Å²) in [6.07, 6.45) is 0. The molecule has 0 bridgehead atoms. The summed E-state index contributed by atoms with van der Waals surface area (Å²) in [5.74, 6) is 6.77. The quantitative estimate of drug-likeness (QED) is 0.493. The van der Waals surface area contributed by atoms with Crippen LogP contribution >= 0.6 is 0 Å². The molecule has 5 heteroatoms. The molecule has 0 radical (unpaired) electrons. The molecule has 1 heterocycles. The summed E-state index contributed by atoms with van der Waals surface area (Å²) in [4.78, 5) is 6.41. The number of rotatable bonds is 5. The van der Waals surface area contributed by atoms with Crippen LogP contribution in [0.1, 0.15) is 6.92 Å². The lowest BCUT2D eigenvalue weighted by atomic mass is 10.3. The standard InChI is InChI=1S/C10H19N5/c1-8(15(2)3)7-12-9-5-4-6-10(13-9)14-11/h4-6,8H,7,11H2,1-3H3,(H2,12,13,14). The maximum atomic E-state index is 5.27. The molecule has 0 saturated carbocycles. The molecule has 1 unspecified atom stereocenters. The van der Waals surface area contributed by atoms with Crippen LogP contribution in [-0.2, 0) is 0 Å². The largest absolute Gasteiger partial charge is 0.368 e. The average Bonchev–Trinajstić information content (AvgIpc) is 2.26. The van der Waals surface area contributed by atoms with E-state index in [-0.39, 0.29) is 0 Å². The molecular weight excluding hydrogens is 190 g/mol. The van der Waals surface area contributed by atoms with Crippen molar-refractivity contribution < 1.29 is 0 Å². The molecule has 4 N–H and O–H groups in total. The first-order chi connectivity index (χ1) is 7.13. The van der Waals surface area contributed by atoms with Crippen molar-refractivity contribution >= 4 is 11.6 Å². The van der Waals surface area contributed by atoms with Crippen molar-refractivity contribution in [2.45, 2.75) is 13.0 Å². The van der Waals surface area contributed by atoms with Gasteiger partial charge in [0.1, 0.15) is 11.6 Å². The molecule has 0 fully saturated rings. The third kappa shape index (κ3) is 3.73. The fourth-order valence-corrected chi connectivity index (χ4v) is 1.05. The maximum Gasteiger partial charge on any atom is 0.142 e. The Morgan fingerprint density at radius 2 is 2.07 bits per heavy atom. The number of nitrogens with zero attached hydrogens (tertiary/aromatic N) is 2. The third-order valence-corrected chi connectivity index (χ3v) is 2.36. The number of pyridine rings is 1. The molecule has 1 atom stereocenters. The van der Waals surface area contributed by atoms with Crippen molar-refractivity contribution in [3.8, 4) is 0 Å². The summed E-state index contributed by atoms with van der Waals surface area (Å²) in [5.41, 5.74) is 2.52. The van der Waals surface area contributed by atoms with Gasteiger partial charge in [0, 0.05) is 12.6 Å². The van der Waals surface area contributed by atoms with Gasteiger partial charge in [-0.1, -0.05) is 6.07 Å². The number of aromatic nitrogens is 1. The molecule has 5 nitrogen and oxygen atoms in total. The topological polar surface area (TPSA) is 66.2 Å². The Balaban J connectivity index is 2.50. The van der Waals surface area contributed by atoms with E-state index < -0.39 is 0 Å². The molecule has 0 aliphatic heterocycles. The van der Waals surface area contributed by atoms with Crippen LogP contribution in [0.15, 0.2) is 18.2 Å². The second kappa shape index (κ2) is 5.53. The Morgan fingerprint density at radius 1 is 1.40 bits per heavy atom. The van der Waals surface area contributed by atoms with Gasteiger partial charge in [-0.3, -0.25) is 0 Å². The van der Waals surface area contributed by atoms with Gasteiger partial charge in [-0.15, -0.1) is 0 Å². The van der Waals surface area contributed by atoms with E-state index in [1.165, 1.54) is 0 Å². The summed E-state index contributed by atoms with van der Waals surface area (Å²) in [6.45, 7) is 3.01. The minimum absolute atomic E-state index is 0.460.